The molecular formula is C19H18ClN3O2. The molecule has 1 amide bonds. The van der Waals surface area contributed by atoms with Crippen LogP contribution in [0, 0.1) is 0 Å². The predicted molar refractivity (Wildman–Crippen MR) is 98.3 cm³/mol. The number of carbonyl (C=O) groups excluding carboxylic acids is 1. The number of hydrogen-bond donors (Lipinski definition) is 1. The number of aliphatic imine (C=N–C) groups is 1. The van der Waals surface area contributed by atoms with Crippen molar-refractivity contribution < 1.29 is 9.53 Å². The summed E-state index contributed by atoms with van der Waals surface area (Å²) in [4.78, 5) is 19.7. The van der Waals surface area contributed by atoms with Crippen molar-refractivity contribution in [3.05, 3.63) is 64.7 Å². The molecule has 0 aliphatic carbocycles. The molecule has 4 rings (SSSR count). The van der Waals surface area contributed by atoms with Crippen LogP contribution in [0.1, 0.15) is 11.1 Å². The van der Waals surface area contributed by atoms with Crippen LogP contribution in [-0.4, -0.2) is 49.0 Å². The lowest BCUT2D eigenvalue weighted by Crippen LogP contribution is -2.48. The highest BCUT2D eigenvalue weighted by molar-refractivity contribution is 6.32. The molecule has 0 bridgehead atoms. The number of carbonyl (C=O) groups is 1. The average Bonchev–Trinajstić information content (AvgIpc) is 2.79. The van der Waals surface area contributed by atoms with Gasteiger partial charge in [-0.05, 0) is 18.2 Å². The van der Waals surface area contributed by atoms with Gasteiger partial charge in [0.05, 0.1) is 24.6 Å². The lowest BCUT2D eigenvalue weighted by molar-refractivity contribution is -0.122. The lowest BCUT2D eigenvalue weighted by atomic mass is 10.0. The van der Waals surface area contributed by atoms with E-state index >= 15 is 0 Å². The Morgan fingerprint density at radius 3 is 2.64 bits per heavy atom. The first-order valence-electron chi connectivity index (χ1n) is 8.28. The third-order valence-electron chi connectivity index (χ3n) is 4.42. The van der Waals surface area contributed by atoms with Gasteiger partial charge in [-0.25, -0.2) is 0 Å². The van der Waals surface area contributed by atoms with E-state index in [1.807, 2.05) is 42.5 Å². The second kappa shape index (κ2) is 6.96. The number of benzodiazepines with no additional fused rings is 1. The molecule has 0 spiro atoms. The van der Waals surface area contributed by atoms with Crippen molar-refractivity contribution in [1.29, 1.82) is 0 Å². The van der Waals surface area contributed by atoms with Gasteiger partial charge in [0.2, 0.25) is 0 Å². The van der Waals surface area contributed by atoms with E-state index in [-0.39, 0.29) is 5.91 Å². The van der Waals surface area contributed by atoms with E-state index < -0.39 is 6.17 Å². The molecular weight excluding hydrogens is 338 g/mol. The van der Waals surface area contributed by atoms with E-state index in [0.717, 1.165) is 22.5 Å². The Morgan fingerprint density at radius 2 is 1.88 bits per heavy atom. The smallest absolute Gasteiger partial charge is 0.264 e. The number of nitrogens with zero attached hydrogens (tertiary/aromatic N) is 2. The monoisotopic (exact) mass is 355 g/mol. The molecule has 2 aliphatic heterocycles. The molecule has 0 saturated carbocycles. The van der Waals surface area contributed by atoms with Gasteiger partial charge >= 0.3 is 0 Å². The predicted octanol–water partition coefficient (Wildman–Crippen LogP) is 2.79. The Morgan fingerprint density at radius 1 is 1.12 bits per heavy atom. The van der Waals surface area contributed by atoms with Gasteiger partial charge in [-0.1, -0.05) is 41.9 Å². The average molecular weight is 356 g/mol. The number of anilines is 1. The van der Waals surface area contributed by atoms with E-state index in [2.05, 4.69) is 10.2 Å². The van der Waals surface area contributed by atoms with Crippen molar-refractivity contribution in [3.63, 3.8) is 0 Å². The number of hydrogen-bond acceptors (Lipinski definition) is 4. The largest absolute Gasteiger partial charge is 0.379 e. The molecule has 128 valence electrons. The highest BCUT2D eigenvalue weighted by Gasteiger charge is 2.31. The molecule has 1 fully saturated rings. The van der Waals surface area contributed by atoms with Gasteiger partial charge in [0.25, 0.3) is 5.91 Å². The molecule has 6 heteroatoms. The van der Waals surface area contributed by atoms with E-state index in [0.29, 0.717) is 31.3 Å². The number of morpholine rings is 1. The first-order chi connectivity index (χ1) is 12.2. The van der Waals surface area contributed by atoms with Gasteiger partial charge in [-0.15, -0.1) is 0 Å². The summed E-state index contributed by atoms with van der Waals surface area (Å²) in [7, 11) is 0. The van der Waals surface area contributed by atoms with Crippen molar-refractivity contribution in [2.75, 3.05) is 31.6 Å². The van der Waals surface area contributed by atoms with Crippen molar-refractivity contribution >= 4 is 28.9 Å². The summed E-state index contributed by atoms with van der Waals surface area (Å²) in [5, 5.41) is 3.61. The maximum Gasteiger partial charge on any atom is 0.264 e. The number of nitrogens with one attached hydrogen (secondary N) is 1. The Kier molecular flexibility index (Phi) is 4.53. The molecule has 5 nitrogen and oxygen atoms in total. The third kappa shape index (κ3) is 3.31. The fourth-order valence-corrected chi connectivity index (χ4v) is 3.34. The van der Waals surface area contributed by atoms with Gasteiger partial charge in [-0.3, -0.25) is 14.7 Å². The SMILES string of the molecule is O=C1Nc2ccc(Cl)cc2C(c2ccccc2)=NC1N1CCOCC1. The van der Waals surface area contributed by atoms with Crippen LogP contribution in [0.25, 0.3) is 0 Å². The summed E-state index contributed by atoms with van der Waals surface area (Å²) in [6.45, 7) is 2.58. The van der Waals surface area contributed by atoms with Crippen LogP contribution >= 0.6 is 11.6 Å². The summed E-state index contributed by atoms with van der Waals surface area (Å²) >= 11 is 6.21. The molecule has 1 N–H and O–H groups in total. The molecule has 1 atom stereocenters. The lowest BCUT2D eigenvalue weighted by Gasteiger charge is -2.30. The fraction of sp³-hybridized carbons (Fsp3) is 0.263. The minimum absolute atomic E-state index is 0.128. The Bertz CT molecular complexity index is 817. The van der Waals surface area contributed by atoms with Gasteiger partial charge in [-0.2, -0.15) is 0 Å². The van der Waals surface area contributed by atoms with Crippen LogP contribution in [0.5, 0.6) is 0 Å². The van der Waals surface area contributed by atoms with Crippen molar-refractivity contribution in [3.8, 4) is 0 Å². The molecule has 1 saturated heterocycles. The number of amides is 1. The maximum atomic E-state index is 12.8. The third-order valence-corrected chi connectivity index (χ3v) is 4.65. The zero-order chi connectivity index (χ0) is 17.2. The van der Waals surface area contributed by atoms with Crippen molar-refractivity contribution in [2.24, 2.45) is 4.99 Å². The topological polar surface area (TPSA) is 53.9 Å². The Labute approximate surface area is 151 Å². The van der Waals surface area contributed by atoms with Gasteiger partial charge in [0.15, 0.2) is 6.17 Å². The number of halogens is 1. The second-order valence-electron chi connectivity index (χ2n) is 6.04. The molecule has 2 aromatic rings. The minimum atomic E-state index is -0.578. The summed E-state index contributed by atoms with van der Waals surface area (Å²) in [6, 6.07) is 15.3. The highest BCUT2D eigenvalue weighted by atomic mass is 35.5. The highest BCUT2D eigenvalue weighted by Crippen LogP contribution is 2.28. The zero-order valence-electron chi connectivity index (χ0n) is 13.6. The fourth-order valence-electron chi connectivity index (χ4n) is 3.16. The number of fused-ring (bicyclic) bond motifs is 1. The quantitative estimate of drug-likeness (QED) is 0.901. The molecule has 1 unspecified atom stereocenters. The minimum Gasteiger partial charge on any atom is -0.379 e. The van der Waals surface area contributed by atoms with Crippen LogP contribution in [0.15, 0.2) is 53.5 Å². The first-order valence-corrected chi connectivity index (χ1v) is 8.66. The molecule has 2 heterocycles. The molecule has 2 aliphatic rings. The Balaban J connectivity index is 1.84. The van der Waals surface area contributed by atoms with Crippen LogP contribution in [-0.2, 0) is 9.53 Å². The zero-order valence-corrected chi connectivity index (χ0v) is 14.4. The summed E-state index contributed by atoms with van der Waals surface area (Å²) in [5.74, 6) is -0.128. The number of ether oxygens (including phenoxy) is 1. The van der Waals surface area contributed by atoms with Crippen molar-refractivity contribution in [2.45, 2.75) is 6.17 Å². The second-order valence-corrected chi connectivity index (χ2v) is 6.48. The van der Waals surface area contributed by atoms with Gasteiger partial charge in [0, 0.05) is 29.2 Å². The van der Waals surface area contributed by atoms with Crippen LogP contribution < -0.4 is 5.32 Å². The summed E-state index contributed by atoms with van der Waals surface area (Å²) in [5.41, 5.74) is 3.30. The summed E-state index contributed by atoms with van der Waals surface area (Å²) in [6.07, 6.45) is -0.578. The van der Waals surface area contributed by atoms with Crippen LogP contribution in [0.3, 0.4) is 0 Å². The Hall–Kier alpha value is -2.21. The number of rotatable bonds is 2. The maximum absolute atomic E-state index is 12.8. The van der Waals surface area contributed by atoms with Crippen molar-refractivity contribution in [1.82, 2.24) is 4.90 Å². The van der Waals surface area contributed by atoms with E-state index in [4.69, 9.17) is 21.3 Å². The van der Waals surface area contributed by atoms with Crippen LogP contribution in [0.4, 0.5) is 5.69 Å². The normalized spacial score (nSPS) is 21.1. The van der Waals surface area contributed by atoms with E-state index in [1.54, 1.807) is 6.07 Å². The molecule has 0 aromatic heterocycles. The van der Waals surface area contributed by atoms with Crippen LogP contribution in [0.2, 0.25) is 5.02 Å². The van der Waals surface area contributed by atoms with Gasteiger partial charge < -0.3 is 10.1 Å². The molecule has 2 aromatic carbocycles. The summed E-state index contributed by atoms with van der Waals surface area (Å²) < 4.78 is 5.41. The molecule has 0 radical (unpaired) electrons. The first kappa shape index (κ1) is 16.3. The number of benzene rings is 2. The molecule has 25 heavy (non-hydrogen) atoms. The standard InChI is InChI=1S/C19H18ClN3O2/c20-14-6-7-16-15(12-14)17(13-4-2-1-3-5-13)22-18(19(24)21-16)23-8-10-25-11-9-23/h1-7,12,18H,8-11H2,(H,21,24). The van der Waals surface area contributed by atoms with Gasteiger partial charge in [0.1, 0.15) is 0 Å². The van der Waals surface area contributed by atoms with E-state index in [1.165, 1.54) is 0 Å². The van der Waals surface area contributed by atoms with E-state index in [9.17, 15) is 4.79 Å².